The van der Waals surface area contributed by atoms with Crippen molar-refractivity contribution in [3.05, 3.63) is 75.7 Å². The van der Waals surface area contributed by atoms with Crippen molar-refractivity contribution < 1.29 is 23.9 Å². The third kappa shape index (κ3) is 5.15. The normalized spacial score (nSPS) is 10.4. The molecule has 2 N–H and O–H groups in total. The van der Waals surface area contributed by atoms with Crippen molar-refractivity contribution in [2.24, 2.45) is 0 Å². The molecule has 0 unspecified atom stereocenters. The van der Waals surface area contributed by atoms with Crippen LogP contribution in [0.25, 0.3) is 0 Å². The molecule has 0 atom stereocenters. The maximum atomic E-state index is 12.9. The lowest BCUT2D eigenvalue weighted by Gasteiger charge is -2.09. The largest absolute Gasteiger partial charge is 0.483 e. The van der Waals surface area contributed by atoms with E-state index in [4.69, 9.17) is 9.47 Å². The molecule has 0 aliphatic carbocycles. The van der Waals surface area contributed by atoms with E-state index in [1.807, 2.05) is 50.2 Å². The maximum Gasteiger partial charge on any atom is 0.341 e. The van der Waals surface area contributed by atoms with Gasteiger partial charge in [-0.1, -0.05) is 36.4 Å². The maximum absolute atomic E-state index is 12.9. The quantitative estimate of drug-likeness (QED) is 0.506. The van der Waals surface area contributed by atoms with E-state index in [-0.39, 0.29) is 23.1 Å². The van der Waals surface area contributed by atoms with E-state index < -0.39 is 11.9 Å². The number of rotatable bonds is 7. The van der Waals surface area contributed by atoms with Gasteiger partial charge in [-0.25, -0.2) is 4.79 Å². The number of benzene rings is 2. The van der Waals surface area contributed by atoms with Crippen LogP contribution in [-0.4, -0.2) is 31.5 Å². The number of methoxy groups -OCH3 is 1. The molecule has 32 heavy (non-hydrogen) atoms. The van der Waals surface area contributed by atoms with Gasteiger partial charge in [0.25, 0.3) is 11.8 Å². The van der Waals surface area contributed by atoms with Crippen LogP contribution in [0.1, 0.15) is 36.7 Å². The zero-order chi connectivity index (χ0) is 23.3. The zero-order valence-corrected chi connectivity index (χ0v) is 19.1. The number of hydrogen-bond acceptors (Lipinski definition) is 6. The Morgan fingerprint density at radius 3 is 2.22 bits per heavy atom. The summed E-state index contributed by atoms with van der Waals surface area (Å²) in [6, 6.07) is 14.7. The molecule has 0 spiro atoms. The lowest BCUT2D eigenvalue weighted by atomic mass is 10.1. The second-order valence-electron chi connectivity index (χ2n) is 7.12. The molecule has 1 heterocycles. The highest BCUT2D eigenvalue weighted by atomic mass is 32.1. The fraction of sp³-hybridized carbons (Fsp3) is 0.208. The molecule has 0 aliphatic rings. The van der Waals surface area contributed by atoms with Crippen LogP contribution in [-0.2, 0) is 9.53 Å². The summed E-state index contributed by atoms with van der Waals surface area (Å²) >= 11 is 1.02. The number of para-hydroxylation sites is 2. The molecule has 1 aromatic heterocycles. The predicted octanol–water partition coefficient (Wildman–Crippen LogP) is 4.73. The van der Waals surface area contributed by atoms with Crippen LogP contribution >= 0.6 is 11.3 Å². The summed E-state index contributed by atoms with van der Waals surface area (Å²) in [5.41, 5.74) is 3.06. The number of amides is 2. The molecule has 7 nitrogen and oxygen atoms in total. The van der Waals surface area contributed by atoms with Crippen LogP contribution in [0, 0.1) is 20.8 Å². The van der Waals surface area contributed by atoms with Crippen LogP contribution in [0.5, 0.6) is 5.75 Å². The smallest absolute Gasteiger partial charge is 0.341 e. The molecule has 0 aliphatic heterocycles. The van der Waals surface area contributed by atoms with Crippen molar-refractivity contribution in [1.82, 2.24) is 0 Å². The van der Waals surface area contributed by atoms with E-state index in [9.17, 15) is 14.4 Å². The van der Waals surface area contributed by atoms with Crippen molar-refractivity contribution in [2.75, 3.05) is 24.4 Å². The molecule has 8 heteroatoms. The summed E-state index contributed by atoms with van der Waals surface area (Å²) in [6.45, 7) is 5.17. The van der Waals surface area contributed by atoms with Crippen molar-refractivity contribution >= 4 is 39.8 Å². The number of esters is 1. The van der Waals surface area contributed by atoms with Crippen LogP contribution in [0.2, 0.25) is 0 Å². The summed E-state index contributed by atoms with van der Waals surface area (Å²) in [5.74, 6) is -0.866. The van der Waals surface area contributed by atoms with E-state index in [2.05, 4.69) is 10.6 Å². The summed E-state index contributed by atoms with van der Waals surface area (Å²) in [6.07, 6.45) is 0. The third-order valence-electron chi connectivity index (χ3n) is 4.84. The highest BCUT2D eigenvalue weighted by Gasteiger charge is 2.26. The molecule has 0 saturated carbocycles. The number of nitrogens with one attached hydrogen (secondary N) is 2. The van der Waals surface area contributed by atoms with Crippen LogP contribution in [0.4, 0.5) is 10.7 Å². The molecule has 3 aromatic rings. The van der Waals surface area contributed by atoms with Gasteiger partial charge in [0, 0.05) is 5.69 Å². The molecular weight excluding hydrogens is 428 g/mol. The minimum absolute atomic E-state index is 0.150. The number of carbonyl (C=O) groups excluding carboxylic acids is 3. The molecular formula is C24H24N2O5S. The van der Waals surface area contributed by atoms with Crippen molar-refractivity contribution in [2.45, 2.75) is 20.8 Å². The first-order chi connectivity index (χ1) is 15.3. The first kappa shape index (κ1) is 23.0. The minimum atomic E-state index is -0.635. The van der Waals surface area contributed by atoms with Gasteiger partial charge in [-0.15, -0.1) is 11.3 Å². The molecule has 0 saturated heterocycles. The Hall–Kier alpha value is -3.65. The number of anilines is 2. The molecule has 2 amide bonds. The van der Waals surface area contributed by atoms with E-state index in [1.165, 1.54) is 7.11 Å². The van der Waals surface area contributed by atoms with Gasteiger partial charge in [-0.05, 0) is 49.6 Å². The Balaban J connectivity index is 1.81. The first-order valence-corrected chi connectivity index (χ1v) is 10.7. The van der Waals surface area contributed by atoms with Crippen LogP contribution in [0.3, 0.4) is 0 Å². The van der Waals surface area contributed by atoms with Crippen molar-refractivity contribution in [3.63, 3.8) is 0 Å². The summed E-state index contributed by atoms with van der Waals surface area (Å²) in [5, 5.41) is 5.77. The lowest BCUT2D eigenvalue weighted by Crippen LogP contribution is -2.21. The van der Waals surface area contributed by atoms with E-state index in [0.717, 1.165) is 22.5 Å². The van der Waals surface area contributed by atoms with Gasteiger partial charge >= 0.3 is 5.97 Å². The molecule has 0 bridgehead atoms. The SMILES string of the molecule is COC(=O)c1c(NC(=O)COc2ccccc2C)sc(C(=O)Nc2ccccc2C)c1C. The van der Waals surface area contributed by atoms with Gasteiger partial charge in [0.05, 0.1) is 17.6 Å². The summed E-state index contributed by atoms with van der Waals surface area (Å²) in [7, 11) is 1.25. The number of ether oxygens (including phenoxy) is 2. The molecule has 0 radical (unpaired) electrons. The fourth-order valence-electron chi connectivity index (χ4n) is 3.08. The lowest BCUT2D eigenvalue weighted by molar-refractivity contribution is -0.118. The highest BCUT2D eigenvalue weighted by molar-refractivity contribution is 7.19. The van der Waals surface area contributed by atoms with Crippen LogP contribution < -0.4 is 15.4 Å². The Morgan fingerprint density at radius 2 is 1.56 bits per heavy atom. The van der Waals surface area contributed by atoms with E-state index in [1.54, 1.807) is 19.1 Å². The van der Waals surface area contributed by atoms with Crippen molar-refractivity contribution in [1.29, 1.82) is 0 Å². The molecule has 166 valence electrons. The average Bonchev–Trinajstić information content (AvgIpc) is 3.10. The van der Waals surface area contributed by atoms with E-state index >= 15 is 0 Å². The van der Waals surface area contributed by atoms with E-state index in [0.29, 0.717) is 21.9 Å². The fourth-order valence-corrected chi connectivity index (χ4v) is 4.19. The first-order valence-electron chi connectivity index (χ1n) is 9.88. The topological polar surface area (TPSA) is 93.7 Å². The van der Waals surface area contributed by atoms with Gasteiger partial charge in [-0.3, -0.25) is 9.59 Å². The zero-order valence-electron chi connectivity index (χ0n) is 18.3. The standard InChI is InChI=1S/C24H24N2O5S/c1-14-9-5-7-11-17(14)25-22(28)21-16(3)20(24(29)30-4)23(32-21)26-19(27)13-31-18-12-8-6-10-15(18)2/h5-12H,13H2,1-4H3,(H,25,28)(H,26,27). The number of aryl methyl sites for hydroxylation is 2. The number of hydrogen-bond donors (Lipinski definition) is 2. The Morgan fingerprint density at radius 1 is 0.906 bits per heavy atom. The monoisotopic (exact) mass is 452 g/mol. The Labute approximate surface area is 190 Å². The van der Waals surface area contributed by atoms with Gasteiger partial charge in [0.1, 0.15) is 10.8 Å². The van der Waals surface area contributed by atoms with Gasteiger partial charge in [0.15, 0.2) is 6.61 Å². The van der Waals surface area contributed by atoms with Gasteiger partial charge < -0.3 is 20.1 Å². The number of thiophene rings is 1. The van der Waals surface area contributed by atoms with Gasteiger partial charge in [0.2, 0.25) is 0 Å². The summed E-state index contributed by atoms with van der Waals surface area (Å²) in [4.78, 5) is 38.1. The second kappa shape index (κ2) is 10.1. The van der Waals surface area contributed by atoms with Gasteiger partial charge in [-0.2, -0.15) is 0 Å². The third-order valence-corrected chi connectivity index (χ3v) is 6.05. The Bertz CT molecular complexity index is 1170. The number of carbonyl (C=O) groups is 3. The minimum Gasteiger partial charge on any atom is -0.483 e. The average molecular weight is 453 g/mol. The molecule has 3 rings (SSSR count). The predicted molar refractivity (Wildman–Crippen MR) is 125 cm³/mol. The highest BCUT2D eigenvalue weighted by Crippen LogP contribution is 2.34. The van der Waals surface area contributed by atoms with Crippen molar-refractivity contribution in [3.8, 4) is 5.75 Å². The molecule has 2 aromatic carbocycles. The Kier molecular flexibility index (Phi) is 7.27. The summed E-state index contributed by atoms with van der Waals surface area (Å²) < 4.78 is 10.4. The second-order valence-corrected chi connectivity index (χ2v) is 8.14. The van der Waals surface area contributed by atoms with Crippen LogP contribution in [0.15, 0.2) is 48.5 Å². The molecule has 0 fully saturated rings.